The molecule has 0 radical (unpaired) electrons. The molecule has 5 nitrogen and oxygen atoms in total. The molecule has 5 aromatic rings. The van der Waals surface area contributed by atoms with E-state index in [1.54, 1.807) is 0 Å². The minimum absolute atomic E-state index is 0.464. The van der Waals surface area contributed by atoms with Gasteiger partial charge in [-0.25, -0.2) is 0 Å². The second-order valence-corrected chi connectivity index (χ2v) is 14.3. The predicted molar refractivity (Wildman–Crippen MR) is 226 cm³/mol. The summed E-state index contributed by atoms with van der Waals surface area (Å²) >= 11 is 0. The van der Waals surface area contributed by atoms with E-state index in [4.69, 9.17) is 13.9 Å². The van der Waals surface area contributed by atoms with Gasteiger partial charge in [-0.2, -0.15) is 0 Å². The van der Waals surface area contributed by atoms with Crippen molar-refractivity contribution in [3.8, 4) is 58.1 Å². The molecule has 0 aliphatic carbocycles. The smallest absolute Gasteiger partial charge is 0.248 e. The first kappa shape index (κ1) is 40.9. The number of benzene rings is 4. The van der Waals surface area contributed by atoms with E-state index >= 15 is 0 Å². The van der Waals surface area contributed by atoms with Crippen LogP contribution in [0.5, 0.6) is 11.5 Å². The van der Waals surface area contributed by atoms with Gasteiger partial charge in [-0.1, -0.05) is 127 Å². The van der Waals surface area contributed by atoms with Crippen molar-refractivity contribution in [2.75, 3.05) is 13.2 Å². The van der Waals surface area contributed by atoms with Crippen LogP contribution in [0.25, 0.3) is 22.9 Å². The van der Waals surface area contributed by atoms with Crippen LogP contribution in [-0.4, -0.2) is 23.4 Å². The van der Waals surface area contributed by atoms with Crippen LogP contribution in [0.15, 0.2) is 101 Å². The summed E-state index contributed by atoms with van der Waals surface area (Å²) in [7, 11) is 0. The van der Waals surface area contributed by atoms with Gasteiger partial charge in [-0.15, -0.1) is 10.2 Å². The van der Waals surface area contributed by atoms with Crippen molar-refractivity contribution in [1.29, 1.82) is 0 Å². The van der Waals surface area contributed by atoms with Crippen molar-refractivity contribution in [3.05, 3.63) is 119 Å². The molecule has 0 spiro atoms. The molecule has 5 heteroatoms. The van der Waals surface area contributed by atoms with Gasteiger partial charge in [-0.05, 0) is 110 Å². The van der Waals surface area contributed by atoms with Crippen LogP contribution in [0.1, 0.15) is 139 Å². The molecule has 55 heavy (non-hydrogen) atoms. The number of nitrogens with zero attached hydrogens (tertiary/aromatic N) is 2. The molecule has 0 atom stereocenters. The van der Waals surface area contributed by atoms with Gasteiger partial charge in [0.05, 0.1) is 13.2 Å². The van der Waals surface area contributed by atoms with E-state index in [2.05, 4.69) is 47.7 Å². The predicted octanol–water partition coefficient (Wildman–Crippen LogP) is 13.2. The molecular weight excluding hydrogens is 677 g/mol. The number of aromatic nitrogens is 2. The van der Waals surface area contributed by atoms with E-state index < -0.39 is 0 Å². The Morgan fingerprint density at radius 1 is 0.382 bits per heavy atom. The highest BCUT2D eigenvalue weighted by Gasteiger charge is 2.10. The Kier molecular flexibility index (Phi) is 18.0. The first-order chi connectivity index (χ1) is 27.2. The number of hydrogen-bond acceptors (Lipinski definition) is 5. The van der Waals surface area contributed by atoms with Gasteiger partial charge in [0.1, 0.15) is 11.5 Å². The Balaban J connectivity index is 1.03. The molecule has 0 fully saturated rings. The molecule has 1 heterocycles. The second-order valence-electron chi connectivity index (χ2n) is 14.3. The summed E-state index contributed by atoms with van der Waals surface area (Å²) in [4.78, 5) is 0. The molecule has 0 N–H and O–H groups in total. The Bertz CT molecular complexity index is 1780. The molecule has 5 rings (SSSR count). The summed E-state index contributed by atoms with van der Waals surface area (Å²) in [5.41, 5.74) is 5.40. The average molecular weight is 735 g/mol. The van der Waals surface area contributed by atoms with Gasteiger partial charge >= 0.3 is 0 Å². The van der Waals surface area contributed by atoms with E-state index in [0.29, 0.717) is 11.8 Å². The third-order valence-corrected chi connectivity index (χ3v) is 9.63. The van der Waals surface area contributed by atoms with Crippen LogP contribution >= 0.6 is 0 Å². The summed E-state index contributed by atoms with van der Waals surface area (Å²) in [6.45, 7) is 6.05. The number of ether oxygens (including phenoxy) is 2. The van der Waals surface area contributed by atoms with Crippen LogP contribution in [-0.2, 0) is 0 Å². The molecule has 0 aliphatic heterocycles. The summed E-state index contributed by atoms with van der Waals surface area (Å²) in [5, 5.41) is 8.58. The fourth-order valence-corrected chi connectivity index (χ4v) is 6.26. The third-order valence-electron chi connectivity index (χ3n) is 9.63. The van der Waals surface area contributed by atoms with Gasteiger partial charge in [0, 0.05) is 33.4 Å². The van der Waals surface area contributed by atoms with Crippen LogP contribution in [0.2, 0.25) is 0 Å². The Hall–Kier alpha value is -5.26. The zero-order chi connectivity index (χ0) is 38.2. The highest BCUT2D eigenvalue weighted by atomic mass is 16.5. The molecule has 1 aromatic heterocycles. The average Bonchev–Trinajstić information content (AvgIpc) is 3.73. The maximum absolute atomic E-state index is 6.03. The zero-order valence-corrected chi connectivity index (χ0v) is 33.1. The van der Waals surface area contributed by atoms with E-state index in [9.17, 15) is 0 Å². The van der Waals surface area contributed by atoms with Crippen molar-refractivity contribution in [2.24, 2.45) is 0 Å². The van der Waals surface area contributed by atoms with Crippen LogP contribution in [0.4, 0.5) is 0 Å². The highest BCUT2D eigenvalue weighted by molar-refractivity contribution is 5.60. The van der Waals surface area contributed by atoms with E-state index in [0.717, 1.165) is 70.9 Å². The normalized spacial score (nSPS) is 10.7. The lowest BCUT2D eigenvalue weighted by molar-refractivity contribution is 0.304. The summed E-state index contributed by atoms with van der Waals surface area (Å²) < 4.78 is 17.9. The van der Waals surface area contributed by atoms with Crippen molar-refractivity contribution in [1.82, 2.24) is 10.2 Å². The number of rotatable bonds is 22. The molecule has 4 aromatic carbocycles. The summed E-state index contributed by atoms with van der Waals surface area (Å²) in [5.74, 6) is 15.7. The number of hydrogen-bond donors (Lipinski definition) is 0. The van der Waals surface area contributed by atoms with Crippen molar-refractivity contribution >= 4 is 0 Å². The van der Waals surface area contributed by atoms with Gasteiger partial charge in [-0.3, -0.25) is 0 Å². The van der Waals surface area contributed by atoms with Crippen molar-refractivity contribution in [3.63, 3.8) is 0 Å². The first-order valence-electron chi connectivity index (χ1n) is 20.7. The largest absolute Gasteiger partial charge is 0.494 e. The molecule has 286 valence electrons. The zero-order valence-electron chi connectivity index (χ0n) is 33.1. The van der Waals surface area contributed by atoms with Crippen LogP contribution in [0, 0.1) is 23.7 Å². The van der Waals surface area contributed by atoms with Crippen molar-refractivity contribution < 1.29 is 13.9 Å². The van der Waals surface area contributed by atoms with Gasteiger partial charge < -0.3 is 13.9 Å². The lowest BCUT2D eigenvalue weighted by Gasteiger charge is -2.06. The molecule has 0 saturated heterocycles. The molecular formula is C50H58N2O3. The van der Waals surface area contributed by atoms with E-state index in [-0.39, 0.29) is 0 Å². The molecule has 0 unspecified atom stereocenters. The minimum atomic E-state index is 0.464. The fraction of sp³-hybridized carbons (Fsp3) is 0.400. The Morgan fingerprint density at radius 3 is 1.00 bits per heavy atom. The maximum atomic E-state index is 6.03. The molecule has 0 bridgehead atoms. The van der Waals surface area contributed by atoms with Gasteiger partial charge in [0.15, 0.2) is 0 Å². The molecule has 0 aliphatic rings. The quantitative estimate of drug-likeness (QED) is 0.0523. The van der Waals surface area contributed by atoms with E-state index in [1.165, 1.54) is 89.9 Å². The highest BCUT2D eigenvalue weighted by Crippen LogP contribution is 2.25. The second kappa shape index (κ2) is 24.2. The number of unbranched alkanes of at least 4 members (excludes halogenated alkanes) is 14. The summed E-state index contributed by atoms with van der Waals surface area (Å²) in [6.07, 6.45) is 20.8. The van der Waals surface area contributed by atoms with E-state index in [1.807, 2.05) is 97.1 Å². The first-order valence-corrected chi connectivity index (χ1v) is 20.7. The molecule has 0 saturated carbocycles. The maximum Gasteiger partial charge on any atom is 0.248 e. The Labute approximate surface area is 330 Å². The Morgan fingerprint density at radius 2 is 0.673 bits per heavy atom. The third kappa shape index (κ3) is 15.2. The van der Waals surface area contributed by atoms with Gasteiger partial charge in [0.2, 0.25) is 11.8 Å². The topological polar surface area (TPSA) is 57.4 Å². The van der Waals surface area contributed by atoms with Gasteiger partial charge in [0.25, 0.3) is 0 Å². The van der Waals surface area contributed by atoms with Crippen molar-refractivity contribution in [2.45, 2.75) is 117 Å². The summed E-state index contributed by atoms with van der Waals surface area (Å²) in [6, 6.07) is 31.8. The standard InChI is InChI=1S/C50H58N2O3/c1-3-5-7-9-11-13-15-17-39-53-47-35-27-43(28-36-47)21-19-41-23-31-45(32-24-41)49-51-52-50(55-49)46-33-25-42(26-34-46)20-22-44-29-37-48(38-30-44)54-40-18-16-14-12-10-8-6-4-2/h23-38H,3-18,39-40H2,1-2H3. The SMILES string of the molecule is CCCCCCCCCCOc1ccc(C#Cc2ccc(-c3nnc(-c4ccc(C#Cc5ccc(OCCCCCCCCCC)cc5)cc4)o3)cc2)cc1. The lowest BCUT2D eigenvalue weighted by atomic mass is 10.1. The lowest BCUT2D eigenvalue weighted by Crippen LogP contribution is -1.97. The fourth-order valence-electron chi connectivity index (χ4n) is 6.26. The minimum Gasteiger partial charge on any atom is -0.494 e. The van der Waals surface area contributed by atoms with Crippen LogP contribution < -0.4 is 9.47 Å². The molecule has 0 amide bonds. The van der Waals surface area contributed by atoms with Crippen LogP contribution in [0.3, 0.4) is 0 Å². The monoisotopic (exact) mass is 734 g/mol.